The number of anilines is 2. The SMILES string of the molecule is COc1ccc(N2C(=O)CCS2(=O)=O)cc1S(=O)(=O)N1c2ccccc2C[C@@H]1C. The second kappa shape index (κ2) is 6.74. The third-order valence-corrected chi connectivity index (χ3v) is 8.78. The predicted octanol–water partition coefficient (Wildman–Crippen LogP) is 1.90. The van der Waals surface area contributed by atoms with Gasteiger partial charge in [0.2, 0.25) is 15.9 Å². The molecule has 0 aliphatic carbocycles. The van der Waals surface area contributed by atoms with Gasteiger partial charge in [0.1, 0.15) is 10.6 Å². The Hall–Kier alpha value is -2.59. The van der Waals surface area contributed by atoms with Crippen LogP contribution in [0.3, 0.4) is 0 Å². The van der Waals surface area contributed by atoms with Crippen LogP contribution in [0, 0.1) is 0 Å². The Kier molecular flexibility index (Phi) is 4.58. The monoisotopic (exact) mass is 436 g/mol. The highest BCUT2D eigenvalue weighted by molar-refractivity contribution is 7.94. The van der Waals surface area contributed by atoms with Gasteiger partial charge in [0.15, 0.2) is 0 Å². The van der Waals surface area contributed by atoms with E-state index in [4.69, 9.17) is 4.74 Å². The molecular weight excluding hydrogens is 416 g/mol. The molecule has 0 bridgehead atoms. The molecule has 2 aromatic rings. The van der Waals surface area contributed by atoms with Gasteiger partial charge in [0, 0.05) is 12.5 Å². The highest BCUT2D eigenvalue weighted by Gasteiger charge is 2.40. The lowest BCUT2D eigenvalue weighted by molar-refractivity contribution is -0.116. The first kappa shape index (κ1) is 19.7. The molecule has 0 aromatic heterocycles. The fourth-order valence-electron chi connectivity index (χ4n) is 3.87. The van der Waals surface area contributed by atoms with Crippen LogP contribution in [0.4, 0.5) is 11.4 Å². The van der Waals surface area contributed by atoms with Crippen molar-refractivity contribution < 1.29 is 26.4 Å². The number of amides is 1. The minimum absolute atomic E-state index is 0.00740. The first-order valence-electron chi connectivity index (χ1n) is 9.03. The van der Waals surface area contributed by atoms with Gasteiger partial charge in [0.25, 0.3) is 10.0 Å². The molecule has 2 aliphatic rings. The van der Waals surface area contributed by atoms with Crippen molar-refractivity contribution in [3.05, 3.63) is 48.0 Å². The third kappa shape index (κ3) is 3.06. The van der Waals surface area contributed by atoms with Crippen LogP contribution in [-0.4, -0.2) is 41.6 Å². The summed E-state index contributed by atoms with van der Waals surface area (Å²) < 4.78 is 59.0. The summed E-state index contributed by atoms with van der Waals surface area (Å²) in [7, 11) is -6.55. The second-order valence-electron chi connectivity index (χ2n) is 7.04. The van der Waals surface area contributed by atoms with Gasteiger partial charge in [-0.15, -0.1) is 0 Å². The predicted molar refractivity (Wildman–Crippen MR) is 108 cm³/mol. The lowest BCUT2D eigenvalue weighted by Gasteiger charge is -2.26. The molecule has 1 atom stereocenters. The van der Waals surface area contributed by atoms with Crippen LogP contribution >= 0.6 is 0 Å². The van der Waals surface area contributed by atoms with Gasteiger partial charge in [-0.25, -0.2) is 21.1 Å². The number of carbonyl (C=O) groups excluding carboxylic acids is 1. The maximum absolute atomic E-state index is 13.6. The number of para-hydroxylation sites is 1. The van der Waals surface area contributed by atoms with Crippen molar-refractivity contribution in [2.45, 2.75) is 30.7 Å². The van der Waals surface area contributed by atoms with Gasteiger partial charge in [-0.3, -0.25) is 9.10 Å². The number of ether oxygens (including phenoxy) is 1. The summed E-state index contributed by atoms with van der Waals surface area (Å²) in [5.74, 6) is -0.802. The zero-order chi connectivity index (χ0) is 21.0. The highest BCUT2D eigenvalue weighted by atomic mass is 32.2. The minimum atomic E-state index is -4.08. The molecular formula is C19H20N2O6S2. The lowest BCUT2D eigenvalue weighted by Crippen LogP contribution is -2.36. The van der Waals surface area contributed by atoms with Crippen LogP contribution in [0.15, 0.2) is 47.4 Å². The van der Waals surface area contributed by atoms with E-state index in [0.717, 1.165) is 5.56 Å². The van der Waals surface area contributed by atoms with Crippen LogP contribution in [-0.2, 0) is 31.3 Å². The van der Waals surface area contributed by atoms with Gasteiger partial charge in [-0.2, -0.15) is 0 Å². The largest absolute Gasteiger partial charge is 0.495 e. The minimum Gasteiger partial charge on any atom is -0.495 e. The number of hydrogen-bond acceptors (Lipinski definition) is 6. The van der Waals surface area contributed by atoms with E-state index >= 15 is 0 Å². The number of benzene rings is 2. The molecule has 2 aliphatic heterocycles. The average Bonchev–Trinajstić information content (AvgIpc) is 3.16. The number of rotatable bonds is 4. The van der Waals surface area contributed by atoms with Gasteiger partial charge < -0.3 is 4.74 Å². The molecule has 0 saturated carbocycles. The van der Waals surface area contributed by atoms with E-state index in [1.807, 2.05) is 19.1 Å². The molecule has 29 heavy (non-hydrogen) atoms. The van der Waals surface area contributed by atoms with E-state index in [1.54, 1.807) is 12.1 Å². The molecule has 4 rings (SSSR count). The van der Waals surface area contributed by atoms with E-state index in [9.17, 15) is 21.6 Å². The van der Waals surface area contributed by atoms with E-state index in [-0.39, 0.29) is 34.5 Å². The molecule has 1 saturated heterocycles. The Morgan fingerprint density at radius 1 is 1.14 bits per heavy atom. The Bertz CT molecular complexity index is 1210. The summed E-state index contributed by atoms with van der Waals surface area (Å²) >= 11 is 0. The molecule has 2 aromatic carbocycles. The lowest BCUT2D eigenvalue weighted by atomic mass is 10.1. The van der Waals surface area contributed by atoms with Gasteiger partial charge in [-0.05, 0) is 43.2 Å². The van der Waals surface area contributed by atoms with Crippen molar-refractivity contribution in [3.63, 3.8) is 0 Å². The standard InChI is InChI=1S/C19H20N2O6S2/c1-13-11-14-5-3-4-6-16(14)20(13)29(25,26)18-12-15(7-8-17(18)27-2)21-19(22)9-10-28(21,23)24/h3-8,12-13H,9-11H2,1-2H3/t13-/m0/s1. The van der Waals surface area contributed by atoms with E-state index in [0.29, 0.717) is 16.4 Å². The van der Waals surface area contributed by atoms with Crippen LogP contribution in [0.5, 0.6) is 5.75 Å². The van der Waals surface area contributed by atoms with E-state index in [1.165, 1.54) is 29.6 Å². The number of fused-ring (bicyclic) bond motifs is 1. The zero-order valence-corrected chi connectivity index (χ0v) is 17.5. The summed E-state index contributed by atoms with van der Waals surface area (Å²) in [5, 5.41) is 0. The molecule has 2 heterocycles. The Labute approximate surface area is 169 Å². The van der Waals surface area contributed by atoms with Crippen molar-refractivity contribution >= 4 is 37.3 Å². The summed E-state index contributed by atoms with van der Waals surface area (Å²) in [4.78, 5) is 11.9. The van der Waals surface area contributed by atoms with Crippen molar-refractivity contribution in [1.29, 1.82) is 0 Å². The fraction of sp³-hybridized carbons (Fsp3) is 0.316. The molecule has 1 fully saturated rings. The first-order valence-corrected chi connectivity index (χ1v) is 12.1. The molecule has 0 spiro atoms. The molecule has 154 valence electrons. The van der Waals surface area contributed by atoms with Crippen molar-refractivity contribution in [3.8, 4) is 5.75 Å². The van der Waals surface area contributed by atoms with Crippen LogP contribution < -0.4 is 13.3 Å². The number of nitrogens with zero attached hydrogens (tertiary/aromatic N) is 2. The number of methoxy groups -OCH3 is 1. The molecule has 0 unspecified atom stereocenters. The topological polar surface area (TPSA) is 101 Å². The smallest absolute Gasteiger partial charge is 0.268 e. The van der Waals surface area contributed by atoms with Gasteiger partial charge >= 0.3 is 0 Å². The average molecular weight is 437 g/mol. The molecule has 0 N–H and O–H groups in total. The van der Waals surface area contributed by atoms with Gasteiger partial charge in [-0.1, -0.05) is 18.2 Å². The summed E-state index contributed by atoms with van der Waals surface area (Å²) in [6, 6.07) is 10.9. The summed E-state index contributed by atoms with van der Waals surface area (Å²) in [6.45, 7) is 1.81. The fourth-order valence-corrected chi connectivity index (χ4v) is 7.20. The van der Waals surface area contributed by atoms with Crippen molar-refractivity contribution in [2.75, 3.05) is 21.5 Å². The number of carbonyl (C=O) groups is 1. The maximum Gasteiger partial charge on any atom is 0.268 e. The zero-order valence-electron chi connectivity index (χ0n) is 15.9. The first-order chi connectivity index (χ1) is 13.7. The molecule has 8 nitrogen and oxygen atoms in total. The van der Waals surface area contributed by atoms with Crippen molar-refractivity contribution in [2.24, 2.45) is 0 Å². The number of hydrogen-bond donors (Lipinski definition) is 0. The van der Waals surface area contributed by atoms with Crippen LogP contribution in [0.2, 0.25) is 0 Å². The van der Waals surface area contributed by atoms with Crippen molar-refractivity contribution in [1.82, 2.24) is 0 Å². The second-order valence-corrected chi connectivity index (χ2v) is 10.8. The van der Waals surface area contributed by atoms with E-state index in [2.05, 4.69) is 0 Å². The molecule has 10 heteroatoms. The summed E-state index contributed by atoms with van der Waals surface area (Å²) in [5.41, 5.74) is 1.49. The van der Waals surface area contributed by atoms with Crippen LogP contribution in [0.1, 0.15) is 18.9 Å². The molecule has 1 amide bonds. The van der Waals surface area contributed by atoms with E-state index < -0.39 is 26.0 Å². The Balaban J connectivity index is 1.87. The Morgan fingerprint density at radius 2 is 1.86 bits per heavy atom. The quantitative estimate of drug-likeness (QED) is 0.726. The summed E-state index contributed by atoms with van der Waals surface area (Å²) in [6.07, 6.45) is 0.434. The number of sulfonamides is 2. The normalized spacial score (nSPS) is 20.8. The highest BCUT2D eigenvalue weighted by Crippen LogP contribution is 2.40. The van der Waals surface area contributed by atoms with Crippen LogP contribution in [0.25, 0.3) is 0 Å². The molecule has 0 radical (unpaired) electrons. The third-order valence-electron chi connectivity index (χ3n) is 5.14. The maximum atomic E-state index is 13.6. The Morgan fingerprint density at radius 3 is 2.52 bits per heavy atom. The van der Waals surface area contributed by atoms with Gasteiger partial charge in [0.05, 0.1) is 24.2 Å².